The van der Waals surface area contributed by atoms with Crippen molar-refractivity contribution in [3.8, 4) is 0 Å². The quantitative estimate of drug-likeness (QED) is 0.784. The van der Waals surface area contributed by atoms with Gasteiger partial charge in [-0.25, -0.2) is 18.1 Å². The Balaban J connectivity index is 2.01. The molecule has 0 aliphatic carbocycles. The summed E-state index contributed by atoms with van der Waals surface area (Å²) in [6.45, 7) is 5.53. The second kappa shape index (κ2) is 5.40. The van der Waals surface area contributed by atoms with Crippen molar-refractivity contribution >= 4 is 32.4 Å². The number of nitrogens with zero attached hydrogens (tertiary/aromatic N) is 3. The topological polar surface area (TPSA) is 76.9 Å². The molecule has 0 saturated heterocycles. The average Bonchev–Trinajstić information content (AvgIpc) is 3.08. The van der Waals surface area contributed by atoms with Gasteiger partial charge in [-0.2, -0.15) is 5.10 Å². The molecule has 0 saturated carbocycles. The van der Waals surface area contributed by atoms with Crippen LogP contribution in [0.2, 0.25) is 0 Å². The molecule has 3 heterocycles. The first-order valence-electron chi connectivity index (χ1n) is 7.08. The summed E-state index contributed by atoms with van der Waals surface area (Å²) in [5.41, 5.74) is 0.731. The van der Waals surface area contributed by atoms with Crippen LogP contribution < -0.4 is 4.72 Å². The molecule has 8 heteroatoms. The van der Waals surface area contributed by atoms with Gasteiger partial charge in [0, 0.05) is 23.5 Å². The molecule has 0 fully saturated rings. The van der Waals surface area contributed by atoms with Gasteiger partial charge in [0.15, 0.2) is 5.65 Å². The first kappa shape index (κ1) is 16.1. The summed E-state index contributed by atoms with van der Waals surface area (Å²) in [6.07, 6.45) is 1.37. The highest BCUT2D eigenvalue weighted by Gasteiger charge is 2.29. The van der Waals surface area contributed by atoms with E-state index in [2.05, 4.69) is 14.8 Å². The van der Waals surface area contributed by atoms with Crippen LogP contribution in [0.4, 0.5) is 0 Å². The van der Waals surface area contributed by atoms with Gasteiger partial charge in [-0.05, 0) is 38.3 Å². The molecule has 0 atom stereocenters. The predicted octanol–water partition coefficient (Wildman–Crippen LogP) is 2.55. The highest BCUT2D eigenvalue weighted by Crippen LogP contribution is 2.27. The lowest BCUT2D eigenvalue weighted by Gasteiger charge is -2.24. The number of hydrogen-bond acceptors (Lipinski definition) is 5. The third kappa shape index (κ3) is 2.89. The predicted molar refractivity (Wildman–Crippen MR) is 90.9 cm³/mol. The van der Waals surface area contributed by atoms with Crippen LogP contribution in [0.1, 0.15) is 24.4 Å². The molecule has 3 aromatic rings. The zero-order valence-electron chi connectivity index (χ0n) is 13.4. The zero-order valence-corrected chi connectivity index (χ0v) is 15.0. The van der Waals surface area contributed by atoms with E-state index in [1.165, 1.54) is 17.5 Å². The van der Waals surface area contributed by atoms with Gasteiger partial charge >= 0.3 is 0 Å². The van der Waals surface area contributed by atoms with E-state index < -0.39 is 15.6 Å². The standard InChI is InChI=1S/C15H18N4O2S2/c1-10-12-8-11(9-16-14(12)19(4)17-10)23(20,21)18-15(2,3)13-6-5-7-22-13/h5-9,18H,1-4H3. The normalized spacial score (nSPS) is 12.9. The molecule has 0 amide bonds. The van der Waals surface area contributed by atoms with Crippen molar-refractivity contribution in [2.75, 3.05) is 0 Å². The number of aromatic nitrogens is 3. The highest BCUT2D eigenvalue weighted by atomic mass is 32.2. The number of nitrogens with one attached hydrogen (secondary N) is 1. The highest BCUT2D eigenvalue weighted by molar-refractivity contribution is 7.89. The summed E-state index contributed by atoms with van der Waals surface area (Å²) in [7, 11) is -1.90. The van der Waals surface area contributed by atoms with Gasteiger partial charge in [0.25, 0.3) is 0 Å². The van der Waals surface area contributed by atoms with E-state index in [9.17, 15) is 8.42 Å². The Morgan fingerprint density at radius 3 is 2.74 bits per heavy atom. The van der Waals surface area contributed by atoms with Gasteiger partial charge in [0.2, 0.25) is 10.0 Å². The van der Waals surface area contributed by atoms with E-state index in [0.29, 0.717) is 5.65 Å². The number of sulfonamides is 1. The van der Waals surface area contributed by atoms with Crippen molar-refractivity contribution < 1.29 is 8.42 Å². The van der Waals surface area contributed by atoms with Gasteiger partial charge in [-0.1, -0.05) is 6.07 Å². The summed E-state index contributed by atoms with van der Waals surface area (Å²) in [5.74, 6) is 0. The first-order valence-corrected chi connectivity index (χ1v) is 9.44. The lowest BCUT2D eigenvalue weighted by atomic mass is 10.1. The van der Waals surface area contributed by atoms with E-state index in [4.69, 9.17) is 0 Å². The van der Waals surface area contributed by atoms with E-state index in [1.807, 2.05) is 38.3 Å². The van der Waals surface area contributed by atoms with Crippen molar-refractivity contribution in [3.05, 3.63) is 40.3 Å². The maximum absolute atomic E-state index is 12.7. The van der Waals surface area contributed by atoms with Crippen molar-refractivity contribution in [2.24, 2.45) is 7.05 Å². The Labute approximate surface area is 139 Å². The van der Waals surface area contributed by atoms with Crippen LogP contribution in [0.25, 0.3) is 11.0 Å². The maximum atomic E-state index is 12.7. The molecule has 6 nitrogen and oxygen atoms in total. The van der Waals surface area contributed by atoms with E-state index in [-0.39, 0.29) is 4.90 Å². The van der Waals surface area contributed by atoms with E-state index >= 15 is 0 Å². The van der Waals surface area contributed by atoms with Gasteiger partial charge in [0.1, 0.15) is 4.90 Å². The van der Waals surface area contributed by atoms with Crippen LogP contribution in [-0.4, -0.2) is 23.2 Å². The number of thiophene rings is 1. The van der Waals surface area contributed by atoms with Crippen molar-refractivity contribution in [1.29, 1.82) is 0 Å². The molecule has 3 aromatic heterocycles. The molecular formula is C15H18N4O2S2. The van der Waals surface area contributed by atoms with Gasteiger partial charge in [-0.15, -0.1) is 11.3 Å². The van der Waals surface area contributed by atoms with Crippen molar-refractivity contribution in [1.82, 2.24) is 19.5 Å². The zero-order chi connectivity index (χ0) is 16.8. The minimum Gasteiger partial charge on any atom is -0.250 e. The number of fused-ring (bicyclic) bond motifs is 1. The van der Waals surface area contributed by atoms with E-state index in [1.54, 1.807) is 17.8 Å². The van der Waals surface area contributed by atoms with Gasteiger partial charge in [-0.3, -0.25) is 4.68 Å². The minimum absolute atomic E-state index is 0.144. The summed E-state index contributed by atoms with van der Waals surface area (Å²) >= 11 is 1.52. The lowest BCUT2D eigenvalue weighted by Crippen LogP contribution is -2.40. The fraction of sp³-hybridized carbons (Fsp3) is 0.333. The Bertz CT molecular complexity index is 957. The molecule has 0 aromatic carbocycles. The SMILES string of the molecule is Cc1nn(C)c2ncc(S(=O)(=O)NC(C)(C)c3cccs3)cc12. The summed E-state index contributed by atoms with van der Waals surface area (Å²) in [5, 5.41) is 6.94. The molecule has 0 radical (unpaired) electrons. The molecule has 0 bridgehead atoms. The second-order valence-corrected chi connectivity index (χ2v) is 8.59. The van der Waals surface area contributed by atoms with Crippen LogP contribution in [0.3, 0.4) is 0 Å². The molecule has 0 aliphatic heterocycles. The Kier molecular flexibility index (Phi) is 3.78. The second-order valence-electron chi connectivity index (χ2n) is 5.96. The van der Waals surface area contributed by atoms with Crippen molar-refractivity contribution in [3.63, 3.8) is 0 Å². The summed E-state index contributed by atoms with van der Waals surface area (Å²) < 4.78 is 29.9. The van der Waals surface area contributed by atoms with Crippen LogP contribution in [0, 0.1) is 6.92 Å². The van der Waals surface area contributed by atoms with Crippen LogP contribution >= 0.6 is 11.3 Å². The van der Waals surface area contributed by atoms with Gasteiger partial charge < -0.3 is 0 Å². The van der Waals surface area contributed by atoms with Crippen LogP contribution in [-0.2, 0) is 22.6 Å². The third-order valence-corrected chi connectivity index (χ3v) is 6.49. The summed E-state index contributed by atoms with van der Waals surface area (Å²) in [4.78, 5) is 5.34. The fourth-order valence-corrected chi connectivity index (χ4v) is 4.75. The molecule has 1 N–H and O–H groups in total. The number of hydrogen-bond donors (Lipinski definition) is 1. The smallest absolute Gasteiger partial charge is 0.242 e. The van der Waals surface area contributed by atoms with Crippen molar-refractivity contribution in [2.45, 2.75) is 31.2 Å². The van der Waals surface area contributed by atoms with E-state index in [0.717, 1.165) is 16.0 Å². The number of rotatable bonds is 4. The molecule has 0 aliphatic rings. The maximum Gasteiger partial charge on any atom is 0.242 e. The Morgan fingerprint density at radius 2 is 2.09 bits per heavy atom. The Morgan fingerprint density at radius 1 is 1.35 bits per heavy atom. The minimum atomic E-state index is -3.69. The number of aryl methyl sites for hydroxylation is 2. The largest absolute Gasteiger partial charge is 0.250 e. The summed E-state index contributed by atoms with van der Waals surface area (Å²) in [6, 6.07) is 5.44. The number of pyridine rings is 1. The fourth-order valence-electron chi connectivity index (χ4n) is 2.52. The van der Waals surface area contributed by atoms with Crippen LogP contribution in [0.5, 0.6) is 0 Å². The molecule has 0 unspecified atom stereocenters. The third-order valence-electron chi connectivity index (χ3n) is 3.67. The average molecular weight is 350 g/mol. The van der Waals surface area contributed by atoms with Gasteiger partial charge in [0.05, 0.1) is 11.2 Å². The molecule has 122 valence electrons. The monoisotopic (exact) mass is 350 g/mol. The lowest BCUT2D eigenvalue weighted by molar-refractivity contribution is 0.480. The molecule has 0 spiro atoms. The van der Waals surface area contributed by atoms with Crippen LogP contribution in [0.15, 0.2) is 34.7 Å². The molecule has 3 rings (SSSR count). The first-order chi connectivity index (χ1) is 10.7. The molecular weight excluding hydrogens is 332 g/mol. The molecule has 23 heavy (non-hydrogen) atoms. The Hall–Kier alpha value is -1.77.